The molecule has 0 aromatic heterocycles. The summed E-state index contributed by atoms with van der Waals surface area (Å²) in [7, 11) is 0. The second kappa shape index (κ2) is 6.70. The first-order valence-electron chi connectivity index (χ1n) is 6.78. The molecule has 1 aromatic rings. The van der Waals surface area contributed by atoms with E-state index < -0.39 is 24.4 Å². The van der Waals surface area contributed by atoms with Crippen molar-refractivity contribution in [3.05, 3.63) is 35.4 Å². The SMILES string of the molecule is Fc1cccc(CNCC2CCN(CC(F)(F)F)C2)c1F. The van der Waals surface area contributed by atoms with Crippen molar-refractivity contribution in [1.29, 1.82) is 0 Å². The van der Waals surface area contributed by atoms with Crippen LogP contribution in [-0.2, 0) is 6.54 Å². The van der Waals surface area contributed by atoms with E-state index in [1.54, 1.807) is 0 Å². The number of halogens is 5. The van der Waals surface area contributed by atoms with Gasteiger partial charge in [-0.3, -0.25) is 4.90 Å². The van der Waals surface area contributed by atoms with Gasteiger partial charge in [0.2, 0.25) is 0 Å². The molecular weight excluding hydrogens is 291 g/mol. The Morgan fingerprint density at radius 3 is 2.71 bits per heavy atom. The number of hydrogen-bond acceptors (Lipinski definition) is 2. The van der Waals surface area contributed by atoms with Crippen molar-refractivity contribution in [3.63, 3.8) is 0 Å². The van der Waals surface area contributed by atoms with Gasteiger partial charge >= 0.3 is 6.18 Å². The lowest BCUT2D eigenvalue weighted by Gasteiger charge is -2.18. The van der Waals surface area contributed by atoms with Crippen LogP contribution in [0.2, 0.25) is 0 Å². The van der Waals surface area contributed by atoms with Gasteiger partial charge in [-0.2, -0.15) is 13.2 Å². The second-order valence-corrected chi connectivity index (χ2v) is 5.35. The van der Waals surface area contributed by atoms with Gasteiger partial charge in [-0.15, -0.1) is 0 Å². The fraction of sp³-hybridized carbons (Fsp3) is 0.571. The van der Waals surface area contributed by atoms with Gasteiger partial charge in [-0.05, 0) is 31.5 Å². The van der Waals surface area contributed by atoms with Crippen molar-refractivity contribution in [1.82, 2.24) is 10.2 Å². The zero-order valence-electron chi connectivity index (χ0n) is 11.4. The van der Waals surface area contributed by atoms with Crippen molar-refractivity contribution in [3.8, 4) is 0 Å². The predicted octanol–water partition coefficient (Wildman–Crippen LogP) is 2.94. The minimum absolute atomic E-state index is 0.101. The van der Waals surface area contributed by atoms with E-state index in [1.807, 2.05) is 0 Å². The molecule has 0 aliphatic carbocycles. The van der Waals surface area contributed by atoms with E-state index in [2.05, 4.69) is 5.32 Å². The molecule has 1 unspecified atom stereocenters. The molecule has 0 spiro atoms. The quantitative estimate of drug-likeness (QED) is 0.842. The fourth-order valence-corrected chi connectivity index (χ4v) is 2.57. The van der Waals surface area contributed by atoms with E-state index in [4.69, 9.17) is 0 Å². The summed E-state index contributed by atoms with van der Waals surface area (Å²) in [5.74, 6) is -1.68. The van der Waals surface area contributed by atoms with Gasteiger partial charge in [0, 0.05) is 18.7 Å². The summed E-state index contributed by atoms with van der Waals surface area (Å²) in [6.07, 6.45) is -3.50. The van der Waals surface area contributed by atoms with Gasteiger partial charge in [0.15, 0.2) is 11.6 Å². The maximum atomic E-state index is 13.4. The van der Waals surface area contributed by atoms with Crippen LogP contribution in [-0.4, -0.2) is 37.3 Å². The first-order valence-corrected chi connectivity index (χ1v) is 6.78. The highest BCUT2D eigenvalue weighted by Gasteiger charge is 2.34. The van der Waals surface area contributed by atoms with Crippen molar-refractivity contribution in [2.45, 2.75) is 19.1 Å². The number of benzene rings is 1. The first kappa shape index (κ1) is 16.2. The van der Waals surface area contributed by atoms with Crippen LogP contribution >= 0.6 is 0 Å². The first-order chi connectivity index (χ1) is 9.85. The highest BCUT2D eigenvalue weighted by Crippen LogP contribution is 2.22. The summed E-state index contributed by atoms with van der Waals surface area (Å²) >= 11 is 0. The highest BCUT2D eigenvalue weighted by atomic mass is 19.4. The fourth-order valence-electron chi connectivity index (χ4n) is 2.57. The van der Waals surface area contributed by atoms with Crippen molar-refractivity contribution in [2.75, 3.05) is 26.2 Å². The number of nitrogens with zero attached hydrogens (tertiary/aromatic N) is 1. The molecule has 1 atom stereocenters. The number of alkyl halides is 3. The van der Waals surface area contributed by atoms with Gasteiger partial charge in [-0.1, -0.05) is 12.1 Å². The van der Waals surface area contributed by atoms with Crippen LogP contribution in [0.1, 0.15) is 12.0 Å². The smallest absolute Gasteiger partial charge is 0.312 e. The van der Waals surface area contributed by atoms with Crippen LogP contribution < -0.4 is 5.32 Å². The normalized spacial score (nSPS) is 20.1. The predicted molar refractivity (Wildman–Crippen MR) is 68.7 cm³/mol. The van der Waals surface area contributed by atoms with Gasteiger partial charge in [0.25, 0.3) is 0 Å². The Kier molecular flexibility index (Phi) is 5.16. The van der Waals surface area contributed by atoms with Gasteiger partial charge in [0.05, 0.1) is 6.54 Å². The molecule has 7 heteroatoms. The molecule has 0 radical (unpaired) electrons. The summed E-state index contributed by atoms with van der Waals surface area (Å²) in [5.41, 5.74) is 0.222. The Bertz CT molecular complexity index is 475. The molecule has 1 aliphatic rings. The third kappa shape index (κ3) is 4.93. The van der Waals surface area contributed by atoms with Crippen molar-refractivity contribution < 1.29 is 22.0 Å². The molecule has 2 rings (SSSR count). The van der Waals surface area contributed by atoms with Crippen LogP contribution in [0.25, 0.3) is 0 Å². The Balaban J connectivity index is 1.74. The third-order valence-electron chi connectivity index (χ3n) is 3.55. The molecule has 1 N–H and O–H groups in total. The zero-order chi connectivity index (χ0) is 15.5. The van der Waals surface area contributed by atoms with Crippen LogP contribution in [0.5, 0.6) is 0 Å². The van der Waals surface area contributed by atoms with E-state index in [1.165, 1.54) is 17.0 Å². The van der Waals surface area contributed by atoms with E-state index in [9.17, 15) is 22.0 Å². The Morgan fingerprint density at radius 2 is 2.00 bits per heavy atom. The Hall–Kier alpha value is -1.21. The summed E-state index contributed by atoms with van der Waals surface area (Å²) in [6, 6.07) is 3.96. The number of likely N-dealkylation sites (tertiary alicyclic amines) is 1. The Morgan fingerprint density at radius 1 is 1.24 bits per heavy atom. The summed E-state index contributed by atoms with van der Waals surface area (Å²) in [4.78, 5) is 1.37. The lowest BCUT2D eigenvalue weighted by Crippen LogP contribution is -2.33. The van der Waals surface area contributed by atoms with Crippen molar-refractivity contribution >= 4 is 0 Å². The van der Waals surface area contributed by atoms with Crippen LogP contribution in [0, 0.1) is 17.6 Å². The summed E-state index contributed by atoms with van der Waals surface area (Å²) in [6.45, 7) is 0.560. The number of hydrogen-bond donors (Lipinski definition) is 1. The van der Waals surface area contributed by atoms with E-state index in [0.29, 0.717) is 26.1 Å². The number of rotatable bonds is 5. The topological polar surface area (TPSA) is 15.3 Å². The third-order valence-corrected chi connectivity index (χ3v) is 3.55. The van der Waals surface area contributed by atoms with E-state index in [0.717, 1.165) is 6.07 Å². The summed E-state index contributed by atoms with van der Waals surface area (Å²) in [5, 5.41) is 2.98. The zero-order valence-corrected chi connectivity index (χ0v) is 11.4. The minimum Gasteiger partial charge on any atom is -0.312 e. The molecule has 21 heavy (non-hydrogen) atoms. The summed E-state index contributed by atoms with van der Waals surface area (Å²) < 4.78 is 63.2. The van der Waals surface area contributed by atoms with E-state index >= 15 is 0 Å². The monoisotopic (exact) mass is 308 g/mol. The molecule has 118 valence electrons. The molecular formula is C14H17F5N2. The molecule has 1 aliphatic heterocycles. The van der Waals surface area contributed by atoms with Crippen LogP contribution in [0.4, 0.5) is 22.0 Å². The lowest BCUT2D eigenvalue weighted by molar-refractivity contribution is -0.143. The number of nitrogens with one attached hydrogen (secondary N) is 1. The van der Waals surface area contributed by atoms with Gasteiger partial charge in [0.1, 0.15) is 0 Å². The molecule has 1 heterocycles. The molecule has 0 amide bonds. The van der Waals surface area contributed by atoms with E-state index in [-0.39, 0.29) is 18.0 Å². The standard InChI is InChI=1S/C14H17F5N2/c15-12-3-1-2-11(13(12)16)7-20-6-10-4-5-21(8-10)9-14(17,18)19/h1-3,10,20H,4-9H2. The molecule has 1 aromatic carbocycles. The molecule has 2 nitrogen and oxygen atoms in total. The van der Waals surface area contributed by atoms with Gasteiger partial charge < -0.3 is 5.32 Å². The van der Waals surface area contributed by atoms with Crippen LogP contribution in [0.3, 0.4) is 0 Å². The van der Waals surface area contributed by atoms with Crippen molar-refractivity contribution in [2.24, 2.45) is 5.92 Å². The minimum atomic E-state index is -4.17. The maximum absolute atomic E-state index is 13.4. The second-order valence-electron chi connectivity index (χ2n) is 5.35. The average Bonchev–Trinajstić information content (AvgIpc) is 2.80. The van der Waals surface area contributed by atoms with Gasteiger partial charge in [-0.25, -0.2) is 8.78 Å². The highest BCUT2D eigenvalue weighted by molar-refractivity contribution is 5.18. The molecule has 0 saturated carbocycles. The Labute approximate surface area is 119 Å². The molecule has 1 fully saturated rings. The average molecular weight is 308 g/mol. The molecule has 1 saturated heterocycles. The van der Waals surface area contributed by atoms with Crippen LogP contribution in [0.15, 0.2) is 18.2 Å². The lowest BCUT2D eigenvalue weighted by atomic mass is 10.1. The maximum Gasteiger partial charge on any atom is 0.401 e. The molecule has 0 bridgehead atoms. The largest absolute Gasteiger partial charge is 0.401 e.